The van der Waals surface area contributed by atoms with Gasteiger partial charge in [-0.25, -0.2) is 9.97 Å². The number of carbonyl (C=O) groups excluding carboxylic acids is 1. The van der Waals surface area contributed by atoms with E-state index >= 15 is 0 Å². The van der Waals surface area contributed by atoms with E-state index in [0.717, 1.165) is 29.7 Å². The summed E-state index contributed by atoms with van der Waals surface area (Å²) in [6.07, 6.45) is 4.34. The van der Waals surface area contributed by atoms with Gasteiger partial charge in [-0.05, 0) is 22.9 Å². The Morgan fingerprint density at radius 3 is 2.62 bits per heavy atom. The fraction of sp³-hybridized carbons (Fsp3) is 0.500. The van der Waals surface area contributed by atoms with Crippen LogP contribution >= 0.6 is 11.6 Å². The molecule has 0 unspecified atom stereocenters. The molecular formula is C18H23ClN4O. The van der Waals surface area contributed by atoms with E-state index in [9.17, 15) is 4.79 Å². The standard InChI is InChI=1S/C18H23ClN4O/c1-11(2)14-7-21-18(15-8-20-16(19)6-13(14)15)23-9-12(10-23)5-17(24)22(3)4/h6-8,11-12H,5,9-10H2,1-4H3. The Balaban J connectivity index is 1.85. The van der Waals surface area contributed by atoms with Gasteiger partial charge in [-0.1, -0.05) is 25.4 Å². The number of hydrogen-bond donors (Lipinski definition) is 0. The molecule has 0 atom stereocenters. The van der Waals surface area contributed by atoms with E-state index in [1.165, 1.54) is 5.56 Å². The van der Waals surface area contributed by atoms with E-state index < -0.39 is 0 Å². The lowest BCUT2D eigenvalue weighted by molar-refractivity contribution is -0.129. The molecule has 6 heteroatoms. The zero-order valence-corrected chi connectivity index (χ0v) is 15.3. The van der Waals surface area contributed by atoms with Crippen molar-refractivity contribution in [3.05, 3.63) is 29.2 Å². The predicted molar refractivity (Wildman–Crippen MR) is 97.7 cm³/mol. The second-order valence-electron chi connectivity index (χ2n) is 7.01. The van der Waals surface area contributed by atoms with Crippen LogP contribution in [0, 0.1) is 5.92 Å². The highest BCUT2D eigenvalue weighted by Gasteiger charge is 2.31. The molecular weight excluding hydrogens is 324 g/mol. The Kier molecular flexibility index (Phi) is 4.63. The highest BCUT2D eigenvalue weighted by Crippen LogP contribution is 2.35. The minimum Gasteiger partial charge on any atom is -0.355 e. The molecule has 5 nitrogen and oxygen atoms in total. The maximum Gasteiger partial charge on any atom is 0.222 e. The van der Waals surface area contributed by atoms with Gasteiger partial charge in [0.2, 0.25) is 5.91 Å². The topological polar surface area (TPSA) is 49.3 Å². The summed E-state index contributed by atoms with van der Waals surface area (Å²) >= 11 is 6.10. The third-order valence-corrected chi connectivity index (χ3v) is 4.80. The Morgan fingerprint density at radius 2 is 2.00 bits per heavy atom. The predicted octanol–water partition coefficient (Wildman–Crippen LogP) is 3.32. The lowest BCUT2D eigenvalue weighted by atomic mass is 9.94. The van der Waals surface area contributed by atoms with Crippen LogP contribution in [0.1, 0.15) is 31.7 Å². The van der Waals surface area contributed by atoms with Gasteiger partial charge in [0.25, 0.3) is 0 Å². The minimum absolute atomic E-state index is 0.182. The normalized spacial score (nSPS) is 15.0. The lowest BCUT2D eigenvalue weighted by Crippen LogP contribution is -2.49. The number of amides is 1. The maximum absolute atomic E-state index is 11.8. The molecule has 0 aliphatic carbocycles. The average Bonchev–Trinajstić information content (AvgIpc) is 2.48. The maximum atomic E-state index is 11.8. The van der Waals surface area contributed by atoms with Crippen LogP contribution in [0.25, 0.3) is 10.8 Å². The number of halogens is 1. The van der Waals surface area contributed by atoms with Crippen molar-refractivity contribution in [3.8, 4) is 0 Å². The van der Waals surface area contributed by atoms with Crippen LogP contribution in [0.2, 0.25) is 5.15 Å². The van der Waals surface area contributed by atoms with Crippen molar-refractivity contribution in [2.75, 3.05) is 32.1 Å². The molecule has 3 heterocycles. The summed E-state index contributed by atoms with van der Waals surface area (Å²) in [5.41, 5.74) is 1.18. The van der Waals surface area contributed by atoms with Crippen LogP contribution in [-0.2, 0) is 4.79 Å². The first kappa shape index (κ1) is 17.0. The largest absolute Gasteiger partial charge is 0.355 e. The van der Waals surface area contributed by atoms with Crippen LogP contribution in [-0.4, -0.2) is 48.0 Å². The molecule has 2 aromatic rings. The molecule has 1 aliphatic heterocycles. The smallest absolute Gasteiger partial charge is 0.222 e. The Labute approximate surface area is 147 Å². The number of carbonyl (C=O) groups is 1. The molecule has 2 aromatic heterocycles. The molecule has 0 radical (unpaired) electrons. The SMILES string of the molecule is CC(C)c1cnc(N2CC(CC(=O)N(C)C)C2)c2cnc(Cl)cc12. The number of pyridine rings is 2. The fourth-order valence-corrected chi connectivity index (χ4v) is 3.29. The molecule has 0 bridgehead atoms. The fourth-order valence-electron chi connectivity index (χ4n) is 3.13. The van der Waals surface area contributed by atoms with Crippen LogP contribution in [0.5, 0.6) is 0 Å². The quantitative estimate of drug-likeness (QED) is 0.797. The number of anilines is 1. The van der Waals surface area contributed by atoms with E-state index in [-0.39, 0.29) is 5.91 Å². The summed E-state index contributed by atoms with van der Waals surface area (Å²) in [7, 11) is 3.60. The van der Waals surface area contributed by atoms with Gasteiger partial charge in [0.1, 0.15) is 11.0 Å². The van der Waals surface area contributed by atoms with Crippen LogP contribution < -0.4 is 4.90 Å². The molecule has 1 saturated heterocycles. The van der Waals surface area contributed by atoms with Gasteiger partial charge in [0.05, 0.1) is 0 Å². The third kappa shape index (κ3) is 3.18. The average molecular weight is 347 g/mol. The second kappa shape index (κ2) is 6.55. The summed E-state index contributed by atoms with van der Waals surface area (Å²) in [5.74, 6) is 1.88. The monoisotopic (exact) mass is 346 g/mol. The van der Waals surface area contributed by atoms with Crippen molar-refractivity contribution in [2.45, 2.75) is 26.2 Å². The third-order valence-electron chi connectivity index (χ3n) is 4.59. The van der Waals surface area contributed by atoms with Crippen molar-refractivity contribution in [1.29, 1.82) is 0 Å². The number of hydrogen-bond acceptors (Lipinski definition) is 4. The summed E-state index contributed by atoms with van der Waals surface area (Å²) in [4.78, 5) is 24.6. The molecule has 3 rings (SSSR count). The zero-order chi connectivity index (χ0) is 17.4. The van der Waals surface area contributed by atoms with Crippen molar-refractivity contribution in [1.82, 2.24) is 14.9 Å². The van der Waals surface area contributed by atoms with E-state index in [0.29, 0.717) is 23.4 Å². The summed E-state index contributed by atoms with van der Waals surface area (Å²) in [6.45, 7) is 6.00. The molecule has 1 fully saturated rings. The van der Waals surface area contributed by atoms with Crippen molar-refractivity contribution in [2.24, 2.45) is 5.92 Å². The minimum atomic E-state index is 0.182. The van der Waals surface area contributed by atoms with E-state index in [4.69, 9.17) is 11.6 Å². The van der Waals surface area contributed by atoms with Gasteiger partial charge in [0, 0.05) is 57.3 Å². The Hall–Kier alpha value is -1.88. The summed E-state index contributed by atoms with van der Waals surface area (Å²) in [6, 6.07) is 1.92. The van der Waals surface area contributed by atoms with Gasteiger partial charge >= 0.3 is 0 Å². The molecule has 128 valence electrons. The molecule has 0 N–H and O–H groups in total. The first-order valence-electron chi connectivity index (χ1n) is 8.26. The molecule has 1 aliphatic rings. The zero-order valence-electron chi connectivity index (χ0n) is 14.6. The van der Waals surface area contributed by atoms with Gasteiger partial charge in [-0.3, -0.25) is 4.79 Å². The first-order valence-corrected chi connectivity index (χ1v) is 8.64. The number of fused-ring (bicyclic) bond motifs is 1. The van der Waals surface area contributed by atoms with Crippen LogP contribution in [0.4, 0.5) is 5.82 Å². The number of rotatable bonds is 4. The van der Waals surface area contributed by atoms with Crippen LogP contribution in [0.3, 0.4) is 0 Å². The molecule has 1 amide bonds. The Bertz CT molecular complexity index is 769. The molecule has 24 heavy (non-hydrogen) atoms. The van der Waals surface area contributed by atoms with Crippen LogP contribution in [0.15, 0.2) is 18.5 Å². The summed E-state index contributed by atoms with van der Waals surface area (Å²) < 4.78 is 0. The highest BCUT2D eigenvalue weighted by molar-refractivity contribution is 6.30. The second-order valence-corrected chi connectivity index (χ2v) is 7.40. The molecule has 0 spiro atoms. The van der Waals surface area contributed by atoms with E-state index in [1.54, 1.807) is 19.0 Å². The van der Waals surface area contributed by atoms with E-state index in [1.807, 2.05) is 18.5 Å². The summed E-state index contributed by atoms with van der Waals surface area (Å²) in [5, 5.41) is 2.64. The number of nitrogens with zero attached hydrogens (tertiary/aromatic N) is 4. The first-order chi connectivity index (χ1) is 11.4. The van der Waals surface area contributed by atoms with Gasteiger partial charge < -0.3 is 9.80 Å². The highest BCUT2D eigenvalue weighted by atomic mass is 35.5. The van der Waals surface area contributed by atoms with E-state index in [2.05, 4.69) is 28.7 Å². The van der Waals surface area contributed by atoms with Crippen molar-refractivity contribution in [3.63, 3.8) is 0 Å². The van der Waals surface area contributed by atoms with Gasteiger partial charge in [-0.2, -0.15) is 0 Å². The van der Waals surface area contributed by atoms with Gasteiger partial charge in [-0.15, -0.1) is 0 Å². The van der Waals surface area contributed by atoms with Gasteiger partial charge in [0.15, 0.2) is 0 Å². The molecule has 0 aromatic carbocycles. The van der Waals surface area contributed by atoms with Crippen molar-refractivity contribution < 1.29 is 4.79 Å². The lowest BCUT2D eigenvalue weighted by Gasteiger charge is -2.40. The Morgan fingerprint density at radius 1 is 1.29 bits per heavy atom. The molecule has 0 saturated carbocycles. The van der Waals surface area contributed by atoms with Crippen molar-refractivity contribution >= 4 is 34.1 Å². The number of aromatic nitrogens is 2.